The van der Waals surface area contributed by atoms with E-state index in [1.165, 1.54) is 257 Å². The molecular weight excluding hydrogens is 803 g/mol. The van der Waals surface area contributed by atoms with Crippen LogP contribution >= 0.6 is 0 Å². The number of aliphatic hydroxyl groups is 2. The summed E-state index contributed by atoms with van der Waals surface area (Å²) in [6.07, 6.45) is 64.9. The van der Waals surface area contributed by atoms with Crippen molar-refractivity contribution in [3.05, 3.63) is 12.2 Å². The largest absolute Gasteiger partial charge is 0.466 e. The van der Waals surface area contributed by atoms with Gasteiger partial charge in [0.05, 0.1) is 25.4 Å². The predicted octanol–water partition coefficient (Wildman–Crippen LogP) is 18.1. The summed E-state index contributed by atoms with van der Waals surface area (Å²) in [5, 5.41) is 23.3. The van der Waals surface area contributed by atoms with Crippen LogP contribution in [0.5, 0.6) is 0 Å². The van der Waals surface area contributed by atoms with Crippen LogP contribution in [0.25, 0.3) is 0 Å². The standard InChI is InChI=1S/C59H115NO5/c1-3-5-7-9-11-13-15-17-25-28-31-35-39-43-47-51-57(62)56(55-61)60-58(63)52-48-44-40-36-32-29-26-23-21-19-18-20-22-24-27-30-34-38-42-46-50-54-65-59(64)53-49-45-41-37-33-16-14-12-10-8-6-4-2/h19,21,56-57,61-62H,3-18,20,22-55H2,1-2H3,(H,60,63)/b21-19-. The van der Waals surface area contributed by atoms with Crippen LogP contribution in [-0.4, -0.2) is 47.4 Å². The van der Waals surface area contributed by atoms with Gasteiger partial charge in [-0.3, -0.25) is 9.59 Å². The van der Waals surface area contributed by atoms with E-state index < -0.39 is 12.1 Å². The first-order chi connectivity index (χ1) is 32.0. The molecular formula is C59H115NO5. The summed E-state index contributed by atoms with van der Waals surface area (Å²) in [7, 11) is 0. The lowest BCUT2D eigenvalue weighted by molar-refractivity contribution is -0.143. The number of ether oxygens (including phenoxy) is 1. The molecule has 0 aliphatic carbocycles. The minimum atomic E-state index is -0.668. The molecule has 2 unspecified atom stereocenters. The molecule has 1 amide bonds. The fourth-order valence-corrected chi connectivity index (χ4v) is 9.28. The van der Waals surface area contributed by atoms with E-state index in [1.54, 1.807) is 0 Å². The number of hydrogen-bond donors (Lipinski definition) is 3. The van der Waals surface area contributed by atoms with Gasteiger partial charge in [-0.25, -0.2) is 0 Å². The molecule has 0 aromatic heterocycles. The smallest absolute Gasteiger partial charge is 0.305 e. The molecule has 0 heterocycles. The summed E-state index contributed by atoms with van der Waals surface area (Å²) < 4.78 is 5.47. The van der Waals surface area contributed by atoms with E-state index in [1.807, 2.05) is 0 Å². The van der Waals surface area contributed by atoms with E-state index in [0.29, 0.717) is 25.9 Å². The minimum Gasteiger partial charge on any atom is -0.466 e. The topological polar surface area (TPSA) is 95.9 Å². The van der Waals surface area contributed by atoms with E-state index in [0.717, 1.165) is 38.5 Å². The molecule has 65 heavy (non-hydrogen) atoms. The lowest BCUT2D eigenvalue weighted by Gasteiger charge is -2.22. The van der Waals surface area contributed by atoms with Gasteiger partial charge < -0.3 is 20.3 Å². The first kappa shape index (κ1) is 63.6. The third-order valence-electron chi connectivity index (χ3n) is 13.8. The number of allylic oxidation sites excluding steroid dienone is 2. The highest BCUT2D eigenvalue weighted by atomic mass is 16.5. The van der Waals surface area contributed by atoms with Crippen LogP contribution in [0.2, 0.25) is 0 Å². The van der Waals surface area contributed by atoms with Crippen LogP contribution in [0.15, 0.2) is 12.2 Å². The van der Waals surface area contributed by atoms with E-state index in [-0.39, 0.29) is 18.5 Å². The third-order valence-corrected chi connectivity index (χ3v) is 13.8. The molecule has 386 valence electrons. The van der Waals surface area contributed by atoms with Gasteiger partial charge in [-0.1, -0.05) is 276 Å². The van der Waals surface area contributed by atoms with Gasteiger partial charge in [0, 0.05) is 12.8 Å². The zero-order valence-corrected chi connectivity index (χ0v) is 44.0. The molecule has 0 spiro atoms. The van der Waals surface area contributed by atoms with Crippen LogP contribution in [0.4, 0.5) is 0 Å². The van der Waals surface area contributed by atoms with Gasteiger partial charge in [0.2, 0.25) is 5.91 Å². The zero-order valence-electron chi connectivity index (χ0n) is 44.0. The number of esters is 1. The van der Waals surface area contributed by atoms with Crippen molar-refractivity contribution in [3.63, 3.8) is 0 Å². The molecule has 0 saturated carbocycles. The number of carbonyl (C=O) groups excluding carboxylic acids is 2. The molecule has 0 aromatic rings. The molecule has 6 nitrogen and oxygen atoms in total. The molecule has 0 rings (SSSR count). The summed E-state index contributed by atoms with van der Waals surface area (Å²) in [5.74, 6) is -0.0313. The van der Waals surface area contributed by atoms with Crippen molar-refractivity contribution >= 4 is 11.9 Å². The van der Waals surface area contributed by atoms with Crippen LogP contribution in [0.3, 0.4) is 0 Å². The lowest BCUT2D eigenvalue weighted by atomic mass is 10.0. The summed E-state index contributed by atoms with van der Waals surface area (Å²) in [5.41, 5.74) is 0. The highest BCUT2D eigenvalue weighted by Gasteiger charge is 2.20. The van der Waals surface area contributed by atoms with Crippen LogP contribution in [0, 0.1) is 0 Å². The normalized spacial score (nSPS) is 12.6. The Hall–Kier alpha value is -1.40. The number of rotatable bonds is 55. The maximum absolute atomic E-state index is 12.5. The van der Waals surface area contributed by atoms with Crippen molar-refractivity contribution in [2.24, 2.45) is 0 Å². The SMILES string of the molecule is CCCCCCCCCCCCCCCCCC(O)C(CO)NC(=O)CCCCCCCCC/C=C\CCCCCCCCCCCCOC(=O)CCCCCCCCCCCCCC. The van der Waals surface area contributed by atoms with Crippen LogP contribution < -0.4 is 5.32 Å². The lowest BCUT2D eigenvalue weighted by Crippen LogP contribution is -2.45. The molecule has 0 aliphatic heterocycles. The Kier molecular flexibility index (Phi) is 54.0. The van der Waals surface area contributed by atoms with Gasteiger partial charge >= 0.3 is 5.97 Å². The molecule has 0 radical (unpaired) electrons. The molecule has 0 saturated heterocycles. The van der Waals surface area contributed by atoms with Crippen molar-refractivity contribution in [2.45, 2.75) is 341 Å². The first-order valence-corrected chi connectivity index (χ1v) is 29.4. The van der Waals surface area contributed by atoms with Gasteiger partial charge in [-0.2, -0.15) is 0 Å². The molecule has 2 atom stereocenters. The van der Waals surface area contributed by atoms with Gasteiger partial charge in [-0.05, 0) is 51.4 Å². The quantitative estimate of drug-likeness (QED) is 0.0321. The maximum atomic E-state index is 12.5. The molecule has 0 fully saturated rings. The fourth-order valence-electron chi connectivity index (χ4n) is 9.28. The molecule has 0 aromatic carbocycles. The second-order valence-corrected chi connectivity index (χ2v) is 20.3. The second-order valence-electron chi connectivity index (χ2n) is 20.3. The van der Waals surface area contributed by atoms with E-state index in [9.17, 15) is 19.8 Å². The van der Waals surface area contributed by atoms with Crippen molar-refractivity contribution < 1.29 is 24.5 Å². The summed E-state index contributed by atoms with van der Waals surface area (Å²) in [4.78, 5) is 24.5. The zero-order chi connectivity index (χ0) is 47.2. The molecule has 0 aliphatic rings. The monoisotopic (exact) mass is 918 g/mol. The van der Waals surface area contributed by atoms with Crippen molar-refractivity contribution in [2.75, 3.05) is 13.2 Å². The minimum absolute atomic E-state index is 0.00939. The van der Waals surface area contributed by atoms with Gasteiger partial charge in [-0.15, -0.1) is 0 Å². The first-order valence-electron chi connectivity index (χ1n) is 29.4. The van der Waals surface area contributed by atoms with Crippen LogP contribution in [-0.2, 0) is 14.3 Å². The van der Waals surface area contributed by atoms with Crippen LogP contribution in [0.1, 0.15) is 328 Å². The fraction of sp³-hybridized carbons (Fsp3) is 0.932. The molecule has 0 bridgehead atoms. The van der Waals surface area contributed by atoms with Crippen molar-refractivity contribution in [3.8, 4) is 0 Å². The Morgan fingerprint density at radius 1 is 0.415 bits per heavy atom. The Morgan fingerprint density at radius 3 is 1.09 bits per heavy atom. The molecule has 3 N–H and O–H groups in total. The van der Waals surface area contributed by atoms with Gasteiger partial charge in [0.25, 0.3) is 0 Å². The summed E-state index contributed by atoms with van der Waals surface area (Å²) in [6, 6.07) is -0.546. The highest BCUT2D eigenvalue weighted by molar-refractivity contribution is 5.76. The molecule has 6 heteroatoms. The van der Waals surface area contributed by atoms with E-state index in [2.05, 4.69) is 31.3 Å². The number of nitrogens with one attached hydrogen (secondary N) is 1. The predicted molar refractivity (Wildman–Crippen MR) is 283 cm³/mol. The number of aliphatic hydroxyl groups excluding tert-OH is 2. The van der Waals surface area contributed by atoms with Gasteiger partial charge in [0.15, 0.2) is 0 Å². The highest BCUT2D eigenvalue weighted by Crippen LogP contribution is 2.17. The number of carbonyl (C=O) groups is 2. The Bertz CT molecular complexity index is 970. The van der Waals surface area contributed by atoms with E-state index >= 15 is 0 Å². The summed E-state index contributed by atoms with van der Waals surface area (Å²) >= 11 is 0. The number of hydrogen-bond acceptors (Lipinski definition) is 5. The Balaban J connectivity index is 3.42. The van der Waals surface area contributed by atoms with Gasteiger partial charge in [0.1, 0.15) is 0 Å². The Morgan fingerprint density at radius 2 is 0.723 bits per heavy atom. The number of unbranched alkanes of at least 4 members (excludes halogenated alkanes) is 42. The Labute approximate surface area is 406 Å². The number of amides is 1. The van der Waals surface area contributed by atoms with E-state index in [4.69, 9.17) is 4.74 Å². The summed E-state index contributed by atoms with van der Waals surface area (Å²) in [6.45, 7) is 4.96. The van der Waals surface area contributed by atoms with Crippen molar-refractivity contribution in [1.82, 2.24) is 5.32 Å². The average molecular weight is 919 g/mol. The average Bonchev–Trinajstić information content (AvgIpc) is 3.31. The maximum Gasteiger partial charge on any atom is 0.305 e. The van der Waals surface area contributed by atoms with Crippen molar-refractivity contribution in [1.29, 1.82) is 0 Å². The second kappa shape index (κ2) is 55.2. The third kappa shape index (κ3) is 51.8.